The molecule has 0 saturated heterocycles. The molecule has 11 heavy (non-hydrogen) atoms. The van der Waals surface area contributed by atoms with Gasteiger partial charge in [-0.1, -0.05) is 6.08 Å². The van der Waals surface area contributed by atoms with Crippen LogP contribution in [-0.2, 0) is 0 Å². The van der Waals surface area contributed by atoms with E-state index in [9.17, 15) is 0 Å². The lowest BCUT2D eigenvalue weighted by Crippen LogP contribution is -2.83. The van der Waals surface area contributed by atoms with E-state index in [2.05, 4.69) is 11.6 Å². The molecule has 1 aliphatic rings. The van der Waals surface area contributed by atoms with Crippen molar-refractivity contribution in [2.75, 3.05) is 0 Å². The molecule has 0 aromatic heterocycles. The second-order valence-electron chi connectivity index (χ2n) is 3.12. The standard InChI is InChI=1S/C9H16N2/c1-2-3-7-9(10)11-8-5-4-6-8/h2,8H,1,3-7H2,(H2,10,11)/p+1. The van der Waals surface area contributed by atoms with E-state index >= 15 is 0 Å². The van der Waals surface area contributed by atoms with Crippen LogP contribution in [0, 0.1) is 0 Å². The summed E-state index contributed by atoms with van der Waals surface area (Å²) in [6.45, 7) is 3.65. The molecule has 1 fully saturated rings. The zero-order chi connectivity index (χ0) is 8.10. The quantitative estimate of drug-likeness (QED) is 0.331. The van der Waals surface area contributed by atoms with E-state index in [0.717, 1.165) is 18.7 Å². The number of nitrogens with two attached hydrogens (primary N) is 1. The Morgan fingerprint density at radius 3 is 2.82 bits per heavy atom. The van der Waals surface area contributed by atoms with E-state index in [4.69, 9.17) is 5.73 Å². The molecule has 0 radical (unpaired) electrons. The molecular weight excluding hydrogens is 136 g/mol. The highest BCUT2D eigenvalue weighted by Crippen LogP contribution is 2.13. The highest BCUT2D eigenvalue weighted by atomic mass is 14.9. The van der Waals surface area contributed by atoms with Crippen molar-refractivity contribution >= 4 is 5.84 Å². The van der Waals surface area contributed by atoms with Crippen LogP contribution in [-0.4, -0.2) is 11.9 Å². The lowest BCUT2D eigenvalue weighted by Gasteiger charge is -2.18. The Labute approximate surface area is 68.2 Å². The molecule has 3 N–H and O–H groups in total. The average molecular weight is 153 g/mol. The summed E-state index contributed by atoms with van der Waals surface area (Å²) in [6.07, 6.45) is 7.73. The van der Waals surface area contributed by atoms with Crippen LogP contribution in [0.1, 0.15) is 32.1 Å². The van der Waals surface area contributed by atoms with Gasteiger partial charge in [0.15, 0.2) is 0 Å². The summed E-state index contributed by atoms with van der Waals surface area (Å²) >= 11 is 0. The zero-order valence-electron chi connectivity index (χ0n) is 6.97. The van der Waals surface area contributed by atoms with Crippen molar-refractivity contribution in [3.8, 4) is 0 Å². The van der Waals surface area contributed by atoms with Crippen molar-refractivity contribution in [2.45, 2.75) is 38.1 Å². The van der Waals surface area contributed by atoms with Crippen LogP contribution >= 0.6 is 0 Å². The Bertz CT molecular complexity index is 157. The molecule has 0 amide bonds. The van der Waals surface area contributed by atoms with Gasteiger partial charge < -0.3 is 0 Å². The van der Waals surface area contributed by atoms with Crippen molar-refractivity contribution in [3.63, 3.8) is 0 Å². The van der Waals surface area contributed by atoms with Gasteiger partial charge in [0.2, 0.25) is 5.84 Å². The first-order chi connectivity index (χ1) is 5.33. The molecule has 0 aromatic rings. The molecule has 2 nitrogen and oxygen atoms in total. The maximum atomic E-state index is 5.73. The molecule has 0 heterocycles. The molecule has 0 spiro atoms. The molecule has 1 saturated carbocycles. The van der Waals surface area contributed by atoms with Crippen LogP contribution in [0.25, 0.3) is 0 Å². The molecule has 1 aliphatic carbocycles. The van der Waals surface area contributed by atoms with E-state index in [1.165, 1.54) is 19.3 Å². The van der Waals surface area contributed by atoms with Gasteiger partial charge >= 0.3 is 0 Å². The first-order valence-corrected chi connectivity index (χ1v) is 4.31. The highest BCUT2D eigenvalue weighted by molar-refractivity contribution is 5.74. The first kappa shape index (κ1) is 8.31. The molecule has 0 unspecified atom stereocenters. The summed E-state index contributed by atoms with van der Waals surface area (Å²) in [5.41, 5.74) is 5.73. The molecule has 62 valence electrons. The maximum Gasteiger partial charge on any atom is 0.240 e. The highest BCUT2D eigenvalue weighted by Gasteiger charge is 2.18. The average Bonchev–Trinajstić information content (AvgIpc) is 1.93. The number of hydrogen-bond donors (Lipinski definition) is 2. The van der Waals surface area contributed by atoms with Crippen LogP contribution in [0.15, 0.2) is 12.7 Å². The summed E-state index contributed by atoms with van der Waals surface area (Å²) in [6, 6.07) is 0.666. The van der Waals surface area contributed by atoms with E-state index in [-0.39, 0.29) is 0 Å². The van der Waals surface area contributed by atoms with Gasteiger partial charge in [-0.05, 0) is 25.7 Å². The fourth-order valence-corrected chi connectivity index (χ4v) is 1.14. The maximum absolute atomic E-state index is 5.73. The van der Waals surface area contributed by atoms with Crippen molar-refractivity contribution in [1.82, 2.24) is 0 Å². The fraction of sp³-hybridized carbons (Fsp3) is 0.667. The Balaban J connectivity index is 2.20. The monoisotopic (exact) mass is 153 g/mol. The predicted octanol–water partition coefficient (Wildman–Crippen LogP) is -0.0571. The largest absolute Gasteiger partial charge is 0.291 e. The molecule has 0 bridgehead atoms. The third kappa shape index (κ3) is 2.74. The second kappa shape index (κ2) is 4.16. The van der Waals surface area contributed by atoms with Crippen LogP contribution in [0.3, 0.4) is 0 Å². The number of nitrogens with one attached hydrogen (secondary N) is 1. The first-order valence-electron chi connectivity index (χ1n) is 4.31. The SMILES string of the molecule is C=CCCC(N)=[NH+]C1CCC1. The Kier molecular flexibility index (Phi) is 3.14. The summed E-state index contributed by atoms with van der Waals surface area (Å²) in [5.74, 6) is 0.926. The van der Waals surface area contributed by atoms with Crippen LogP contribution in [0.2, 0.25) is 0 Å². The number of rotatable bonds is 4. The molecule has 0 atom stereocenters. The lowest BCUT2D eigenvalue weighted by atomic mass is 9.94. The molecule has 2 heteroatoms. The number of allylic oxidation sites excluding steroid dienone is 1. The minimum atomic E-state index is 0.666. The molecule has 0 aromatic carbocycles. The van der Waals surface area contributed by atoms with E-state index < -0.39 is 0 Å². The van der Waals surface area contributed by atoms with Gasteiger partial charge in [0.05, 0.1) is 12.5 Å². The van der Waals surface area contributed by atoms with Crippen LogP contribution in [0.4, 0.5) is 0 Å². The molecular formula is C9H17N2+. The minimum Gasteiger partial charge on any atom is -0.291 e. The van der Waals surface area contributed by atoms with Gasteiger partial charge in [0.1, 0.15) is 0 Å². The van der Waals surface area contributed by atoms with E-state index in [1.807, 2.05) is 6.08 Å². The Hall–Kier alpha value is -0.790. The lowest BCUT2D eigenvalue weighted by molar-refractivity contribution is -0.520. The zero-order valence-corrected chi connectivity index (χ0v) is 6.97. The molecule has 0 aliphatic heterocycles. The third-order valence-electron chi connectivity index (χ3n) is 2.11. The van der Waals surface area contributed by atoms with Crippen molar-refractivity contribution in [2.24, 2.45) is 5.73 Å². The predicted molar refractivity (Wildman–Crippen MR) is 47.2 cm³/mol. The fourth-order valence-electron chi connectivity index (χ4n) is 1.14. The number of amidine groups is 1. The minimum absolute atomic E-state index is 0.666. The van der Waals surface area contributed by atoms with Gasteiger partial charge in [-0.3, -0.25) is 10.7 Å². The number of hydrogen-bond acceptors (Lipinski definition) is 0. The Morgan fingerprint density at radius 1 is 1.64 bits per heavy atom. The second-order valence-corrected chi connectivity index (χ2v) is 3.12. The molecule has 1 rings (SSSR count). The summed E-state index contributed by atoms with van der Waals surface area (Å²) in [4.78, 5) is 3.30. The van der Waals surface area contributed by atoms with Gasteiger partial charge in [0.25, 0.3) is 0 Å². The Morgan fingerprint density at radius 2 is 2.36 bits per heavy atom. The van der Waals surface area contributed by atoms with E-state index in [0.29, 0.717) is 6.04 Å². The van der Waals surface area contributed by atoms with Crippen LogP contribution in [0.5, 0.6) is 0 Å². The smallest absolute Gasteiger partial charge is 0.240 e. The normalized spacial score (nSPS) is 19.5. The van der Waals surface area contributed by atoms with Gasteiger partial charge in [-0.2, -0.15) is 0 Å². The van der Waals surface area contributed by atoms with Gasteiger partial charge in [-0.15, -0.1) is 6.58 Å². The van der Waals surface area contributed by atoms with Crippen molar-refractivity contribution in [1.29, 1.82) is 0 Å². The van der Waals surface area contributed by atoms with Gasteiger partial charge in [0, 0.05) is 0 Å². The third-order valence-corrected chi connectivity index (χ3v) is 2.11. The van der Waals surface area contributed by atoms with Crippen LogP contribution < -0.4 is 10.7 Å². The summed E-state index contributed by atoms with van der Waals surface area (Å²) < 4.78 is 0. The van der Waals surface area contributed by atoms with Crippen molar-refractivity contribution in [3.05, 3.63) is 12.7 Å². The van der Waals surface area contributed by atoms with Gasteiger partial charge in [-0.25, -0.2) is 0 Å². The summed E-state index contributed by atoms with van der Waals surface area (Å²) in [5, 5.41) is 0. The topological polar surface area (TPSA) is 40.0 Å². The summed E-state index contributed by atoms with van der Waals surface area (Å²) in [7, 11) is 0. The van der Waals surface area contributed by atoms with E-state index in [1.54, 1.807) is 0 Å². The van der Waals surface area contributed by atoms with Crippen molar-refractivity contribution < 1.29 is 4.99 Å².